The molecule has 1 rings (SSSR count). The third-order valence-corrected chi connectivity index (χ3v) is 3.44. The second-order valence-electron chi connectivity index (χ2n) is 5.33. The molecule has 0 atom stereocenters. The lowest BCUT2D eigenvalue weighted by molar-refractivity contribution is -0.134. The summed E-state index contributed by atoms with van der Waals surface area (Å²) < 4.78 is 0. The molecule has 1 aliphatic rings. The molecule has 0 spiro atoms. The Morgan fingerprint density at radius 2 is 1.84 bits per heavy atom. The van der Waals surface area contributed by atoms with E-state index in [2.05, 4.69) is 20.9 Å². The van der Waals surface area contributed by atoms with Crippen LogP contribution in [0.5, 0.6) is 0 Å². The molecule has 110 valence electrons. The third kappa shape index (κ3) is 4.80. The fourth-order valence-electron chi connectivity index (χ4n) is 2.07. The number of carbonyl (C=O) groups excluding carboxylic acids is 2. The lowest BCUT2D eigenvalue weighted by Gasteiger charge is -2.39. The maximum atomic E-state index is 12.2. The van der Waals surface area contributed by atoms with Gasteiger partial charge in [0.25, 0.3) is 0 Å². The van der Waals surface area contributed by atoms with Gasteiger partial charge in [-0.05, 0) is 20.3 Å². The van der Waals surface area contributed by atoms with Gasteiger partial charge in [-0.15, -0.1) is 0 Å². The van der Waals surface area contributed by atoms with Gasteiger partial charge in [0.05, 0.1) is 12.1 Å². The Labute approximate surface area is 115 Å². The second kappa shape index (κ2) is 7.45. The molecule has 1 saturated heterocycles. The van der Waals surface area contributed by atoms with Crippen LogP contribution in [0.3, 0.4) is 0 Å². The lowest BCUT2D eigenvalue weighted by atomic mass is 10.0. The van der Waals surface area contributed by atoms with Crippen LogP contribution in [0, 0.1) is 0 Å². The van der Waals surface area contributed by atoms with Gasteiger partial charge in [0.2, 0.25) is 11.8 Å². The molecule has 6 nitrogen and oxygen atoms in total. The maximum absolute atomic E-state index is 12.2. The van der Waals surface area contributed by atoms with Crippen LogP contribution in [-0.4, -0.2) is 61.5 Å². The Morgan fingerprint density at radius 3 is 2.42 bits per heavy atom. The quantitative estimate of drug-likeness (QED) is 0.597. The molecule has 19 heavy (non-hydrogen) atoms. The fourth-order valence-corrected chi connectivity index (χ4v) is 2.07. The van der Waals surface area contributed by atoms with E-state index in [0.29, 0.717) is 6.54 Å². The van der Waals surface area contributed by atoms with Gasteiger partial charge in [0.1, 0.15) is 0 Å². The van der Waals surface area contributed by atoms with Crippen molar-refractivity contribution in [2.45, 2.75) is 32.7 Å². The van der Waals surface area contributed by atoms with Gasteiger partial charge >= 0.3 is 0 Å². The highest BCUT2D eigenvalue weighted by molar-refractivity contribution is 5.89. The topological polar surface area (TPSA) is 73.5 Å². The summed E-state index contributed by atoms with van der Waals surface area (Å²) in [5.74, 6) is -0.229. The summed E-state index contributed by atoms with van der Waals surface area (Å²) in [5, 5.41) is 8.72. The Balaban J connectivity index is 2.40. The minimum absolute atomic E-state index is 0.0500. The first-order valence-electron chi connectivity index (χ1n) is 6.99. The molecule has 0 saturated carbocycles. The van der Waals surface area contributed by atoms with Crippen LogP contribution in [0.4, 0.5) is 0 Å². The first-order valence-corrected chi connectivity index (χ1v) is 6.99. The highest BCUT2D eigenvalue weighted by Crippen LogP contribution is 2.14. The summed E-state index contributed by atoms with van der Waals surface area (Å²) in [6.07, 6.45) is 0.895. The Hall–Kier alpha value is -1.14. The Kier molecular flexibility index (Phi) is 6.24. The summed E-state index contributed by atoms with van der Waals surface area (Å²) in [6, 6.07) is 0. The predicted molar refractivity (Wildman–Crippen MR) is 74.8 cm³/mol. The lowest BCUT2D eigenvalue weighted by Crippen LogP contribution is -2.60. The minimum Gasteiger partial charge on any atom is -0.355 e. The molecule has 1 heterocycles. The smallest absolute Gasteiger partial charge is 0.240 e. The van der Waals surface area contributed by atoms with Crippen molar-refractivity contribution in [3.8, 4) is 0 Å². The van der Waals surface area contributed by atoms with E-state index in [1.54, 1.807) is 0 Å². The van der Waals surface area contributed by atoms with Gasteiger partial charge in [-0.25, -0.2) is 0 Å². The zero-order valence-electron chi connectivity index (χ0n) is 12.2. The van der Waals surface area contributed by atoms with Crippen molar-refractivity contribution in [2.75, 3.05) is 39.3 Å². The standard InChI is InChI=1S/C13H26N4O2/c1-4-5-15-11(18)10-16-12(19)13(2,3)17-8-6-14-7-9-17/h14H,4-10H2,1-3H3,(H,15,18)(H,16,19). The molecule has 1 aliphatic heterocycles. The zero-order chi connectivity index (χ0) is 14.3. The van der Waals surface area contributed by atoms with Crippen LogP contribution in [0.1, 0.15) is 27.2 Å². The van der Waals surface area contributed by atoms with Crippen molar-refractivity contribution in [3.05, 3.63) is 0 Å². The molecule has 0 aliphatic carbocycles. The predicted octanol–water partition coefficient (Wildman–Crippen LogP) is -0.687. The van der Waals surface area contributed by atoms with Gasteiger partial charge in [-0.2, -0.15) is 0 Å². The summed E-state index contributed by atoms with van der Waals surface area (Å²) in [7, 11) is 0. The summed E-state index contributed by atoms with van der Waals surface area (Å²) in [5.41, 5.74) is -0.576. The highest BCUT2D eigenvalue weighted by atomic mass is 16.2. The largest absolute Gasteiger partial charge is 0.355 e. The summed E-state index contributed by atoms with van der Waals surface area (Å²) in [6.45, 7) is 9.98. The summed E-state index contributed by atoms with van der Waals surface area (Å²) >= 11 is 0. The molecule has 0 bridgehead atoms. The number of carbonyl (C=O) groups is 2. The van der Waals surface area contributed by atoms with Crippen LogP contribution in [0.25, 0.3) is 0 Å². The molecular formula is C13H26N4O2. The SMILES string of the molecule is CCCNC(=O)CNC(=O)C(C)(C)N1CCNCC1. The van der Waals surface area contributed by atoms with Gasteiger partial charge in [0.15, 0.2) is 0 Å². The molecule has 0 aromatic heterocycles. The first kappa shape index (κ1) is 15.9. The third-order valence-electron chi connectivity index (χ3n) is 3.44. The van der Waals surface area contributed by atoms with E-state index in [1.807, 2.05) is 20.8 Å². The number of hydrogen-bond acceptors (Lipinski definition) is 4. The van der Waals surface area contributed by atoms with Crippen molar-refractivity contribution in [2.24, 2.45) is 0 Å². The van der Waals surface area contributed by atoms with Crippen molar-refractivity contribution >= 4 is 11.8 Å². The van der Waals surface area contributed by atoms with Crippen LogP contribution in [0.15, 0.2) is 0 Å². The van der Waals surface area contributed by atoms with E-state index >= 15 is 0 Å². The van der Waals surface area contributed by atoms with Gasteiger partial charge in [0, 0.05) is 32.7 Å². The molecule has 0 aromatic carbocycles. The van der Waals surface area contributed by atoms with Crippen molar-refractivity contribution in [1.29, 1.82) is 0 Å². The van der Waals surface area contributed by atoms with Gasteiger partial charge in [-0.3, -0.25) is 14.5 Å². The van der Waals surface area contributed by atoms with E-state index in [4.69, 9.17) is 0 Å². The van der Waals surface area contributed by atoms with E-state index < -0.39 is 5.54 Å². The Morgan fingerprint density at radius 1 is 1.21 bits per heavy atom. The van der Waals surface area contributed by atoms with Gasteiger partial charge in [-0.1, -0.05) is 6.92 Å². The van der Waals surface area contributed by atoms with E-state index in [9.17, 15) is 9.59 Å². The number of rotatable bonds is 6. The fraction of sp³-hybridized carbons (Fsp3) is 0.846. The number of nitrogens with zero attached hydrogens (tertiary/aromatic N) is 1. The average Bonchev–Trinajstić information content (AvgIpc) is 2.43. The zero-order valence-corrected chi connectivity index (χ0v) is 12.2. The van der Waals surface area contributed by atoms with E-state index in [-0.39, 0.29) is 18.4 Å². The van der Waals surface area contributed by atoms with Crippen molar-refractivity contribution in [1.82, 2.24) is 20.9 Å². The number of nitrogens with one attached hydrogen (secondary N) is 3. The Bertz CT molecular complexity index is 312. The monoisotopic (exact) mass is 270 g/mol. The average molecular weight is 270 g/mol. The maximum Gasteiger partial charge on any atom is 0.240 e. The molecule has 0 unspecified atom stereocenters. The van der Waals surface area contributed by atoms with Crippen LogP contribution < -0.4 is 16.0 Å². The molecule has 0 aromatic rings. The van der Waals surface area contributed by atoms with E-state index in [1.165, 1.54) is 0 Å². The van der Waals surface area contributed by atoms with Crippen LogP contribution in [-0.2, 0) is 9.59 Å². The summed E-state index contributed by atoms with van der Waals surface area (Å²) in [4.78, 5) is 25.8. The van der Waals surface area contributed by atoms with E-state index in [0.717, 1.165) is 32.6 Å². The highest BCUT2D eigenvalue weighted by Gasteiger charge is 2.35. The number of piperazine rings is 1. The first-order chi connectivity index (χ1) is 8.98. The minimum atomic E-state index is -0.576. The number of hydrogen-bond donors (Lipinski definition) is 3. The molecule has 1 fully saturated rings. The normalized spacial score (nSPS) is 17.0. The molecule has 0 radical (unpaired) electrons. The van der Waals surface area contributed by atoms with Crippen LogP contribution in [0.2, 0.25) is 0 Å². The second-order valence-corrected chi connectivity index (χ2v) is 5.33. The van der Waals surface area contributed by atoms with Gasteiger partial charge < -0.3 is 16.0 Å². The molecule has 2 amide bonds. The molecule has 3 N–H and O–H groups in total. The number of amides is 2. The van der Waals surface area contributed by atoms with Crippen molar-refractivity contribution in [3.63, 3.8) is 0 Å². The molecular weight excluding hydrogens is 244 g/mol. The van der Waals surface area contributed by atoms with Crippen molar-refractivity contribution < 1.29 is 9.59 Å². The van der Waals surface area contributed by atoms with Crippen LogP contribution >= 0.6 is 0 Å². The molecule has 6 heteroatoms.